The molecule has 4 aliphatic rings. The van der Waals surface area contributed by atoms with Crippen LogP contribution in [-0.2, 0) is 28.8 Å². The van der Waals surface area contributed by atoms with Crippen LogP contribution >= 0.6 is 0 Å². The molecule has 0 bridgehead atoms. The van der Waals surface area contributed by atoms with Crippen molar-refractivity contribution in [2.24, 2.45) is 45.8 Å². The SMILES string of the molecule is C=CCCC(=O)C(=O)[C@@H]1CCCCCCCCC[C@H](CC(=O)C[C@H](CN2CCC(C)(C)CC2=O)C(C)(C)C)C(=O)N2C[C@H]3[C@@H]([C@H]2C(=O)C1)C3(C)C. The van der Waals surface area contributed by atoms with Crippen molar-refractivity contribution >= 4 is 34.9 Å². The number of likely N-dealkylation sites (tertiary alicyclic amines) is 1. The zero-order chi connectivity index (χ0) is 37.7. The number of hydrogen-bond donors (Lipinski definition) is 0. The van der Waals surface area contributed by atoms with Crippen LogP contribution in [0, 0.1) is 45.8 Å². The first-order valence-corrected chi connectivity index (χ1v) is 20.2. The molecule has 0 N–H and O–H groups in total. The van der Waals surface area contributed by atoms with Gasteiger partial charge in [0, 0.05) is 63.6 Å². The van der Waals surface area contributed by atoms with Crippen LogP contribution in [0.3, 0.4) is 0 Å². The smallest absolute Gasteiger partial charge is 0.226 e. The largest absolute Gasteiger partial charge is 0.342 e. The second-order valence-corrected chi connectivity index (χ2v) is 19.1. The van der Waals surface area contributed by atoms with Gasteiger partial charge < -0.3 is 9.80 Å². The van der Waals surface area contributed by atoms with E-state index in [0.29, 0.717) is 51.7 Å². The molecule has 3 aliphatic heterocycles. The minimum atomic E-state index is -0.662. The number of Topliss-reactive ketones (excluding diaryl/α,β-unsaturated/α-hetero) is 4. The highest BCUT2D eigenvalue weighted by molar-refractivity contribution is 6.38. The van der Waals surface area contributed by atoms with Crippen LogP contribution in [-0.4, -0.2) is 70.4 Å². The Morgan fingerprint density at radius 2 is 1.57 bits per heavy atom. The Labute approximate surface area is 308 Å². The van der Waals surface area contributed by atoms with Gasteiger partial charge in [0.05, 0.1) is 6.04 Å². The van der Waals surface area contributed by atoms with Gasteiger partial charge in [-0.1, -0.05) is 99.5 Å². The van der Waals surface area contributed by atoms with Crippen molar-refractivity contribution < 1.29 is 28.8 Å². The molecular formula is C43H68N2O6. The zero-order valence-corrected chi connectivity index (χ0v) is 33.0. The zero-order valence-electron chi connectivity index (χ0n) is 33.0. The maximum atomic E-state index is 14.6. The number of amides is 2. The van der Waals surface area contributed by atoms with E-state index in [2.05, 4.69) is 55.0 Å². The highest BCUT2D eigenvalue weighted by Gasteiger charge is 2.69. The molecular weight excluding hydrogens is 640 g/mol. The Kier molecular flexibility index (Phi) is 13.7. The van der Waals surface area contributed by atoms with Crippen molar-refractivity contribution in [2.45, 2.75) is 157 Å². The van der Waals surface area contributed by atoms with Gasteiger partial charge in [-0.05, 0) is 59.7 Å². The van der Waals surface area contributed by atoms with Gasteiger partial charge in [0.1, 0.15) is 5.78 Å². The average Bonchev–Trinajstić information content (AvgIpc) is 3.35. The molecule has 0 unspecified atom stereocenters. The first-order chi connectivity index (χ1) is 23.9. The molecule has 0 radical (unpaired) electrons. The fraction of sp³-hybridized carbons (Fsp3) is 0.814. The summed E-state index contributed by atoms with van der Waals surface area (Å²) in [6.07, 6.45) is 11.9. The van der Waals surface area contributed by atoms with Crippen LogP contribution in [0.5, 0.6) is 0 Å². The quantitative estimate of drug-likeness (QED) is 0.159. The summed E-state index contributed by atoms with van der Waals surface area (Å²) in [6, 6.07) is -0.627. The number of hydrogen-bond acceptors (Lipinski definition) is 6. The normalized spacial score (nSPS) is 29.5. The number of piperidine rings is 2. The molecule has 3 saturated heterocycles. The lowest BCUT2D eigenvalue weighted by molar-refractivity contribution is -0.145. The van der Waals surface area contributed by atoms with E-state index in [-0.39, 0.29) is 76.6 Å². The van der Waals surface area contributed by atoms with Crippen LogP contribution in [0.1, 0.15) is 151 Å². The molecule has 0 spiro atoms. The fourth-order valence-electron chi connectivity index (χ4n) is 9.28. The second kappa shape index (κ2) is 17.0. The number of allylic oxidation sites excluding steroid dienone is 1. The van der Waals surface area contributed by atoms with E-state index in [9.17, 15) is 28.8 Å². The molecule has 4 fully saturated rings. The number of nitrogens with zero attached hydrogens (tertiary/aromatic N) is 2. The van der Waals surface area contributed by atoms with Crippen molar-refractivity contribution in [3.8, 4) is 0 Å². The van der Waals surface area contributed by atoms with Gasteiger partial charge in [0.15, 0.2) is 11.6 Å². The molecule has 0 aromatic carbocycles. The highest BCUT2D eigenvalue weighted by atomic mass is 16.2. The minimum Gasteiger partial charge on any atom is -0.342 e. The monoisotopic (exact) mass is 709 g/mol. The molecule has 286 valence electrons. The van der Waals surface area contributed by atoms with Crippen molar-refractivity contribution in [3.63, 3.8) is 0 Å². The van der Waals surface area contributed by atoms with Crippen molar-refractivity contribution in [1.29, 1.82) is 0 Å². The second-order valence-electron chi connectivity index (χ2n) is 19.1. The molecule has 8 nitrogen and oxygen atoms in total. The van der Waals surface area contributed by atoms with E-state index in [1.54, 1.807) is 11.0 Å². The summed E-state index contributed by atoms with van der Waals surface area (Å²) in [7, 11) is 0. The average molecular weight is 709 g/mol. The van der Waals surface area contributed by atoms with Crippen molar-refractivity contribution in [3.05, 3.63) is 12.7 Å². The van der Waals surface area contributed by atoms with E-state index in [1.807, 2.05) is 4.90 Å². The van der Waals surface area contributed by atoms with Crippen LogP contribution in [0.2, 0.25) is 0 Å². The molecule has 51 heavy (non-hydrogen) atoms. The molecule has 6 atom stereocenters. The van der Waals surface area contributed by atoms with Crippen molar-refractivity contribution in [1.82, 2.24) is 9.80 Å². The predicted octanol–water partition coefficient (Wildman–Crippen LogP) is 7.95. The summed E-state index contributed by atoms with van der Waals surface area (Å²) in [5.74, 6) is -1.90. The highest BCUT2D eigenvalue weighted by Crippen LogP contribution is 2.65. The number of rotatable bonds is 11. The van der Waals surface area contributed by atoms with Gasteiger partial charge in [-0.15, -0.1) is 6.58 Å². The summed E-state index contributed by atoms with van der Waals surface area (Å²) in [5.41, 5.74) is -0.285. The van der Waals surface area contributed by atoms with E-state index < -0.39 is 29.4 Å². The first-order valence-electron chi connectivity index (χ1n) is 20.2. The minimum absolute atomic E-state index is 0.00488. The third-order valence-corrected chi connectivity index (χ3v) is 13.1. The summed E-state index contributed by atoms with van der Waals surface area (Å²) in [6.45, 7) is 20.4. The number of carbonyl (C=O) groups is 6. The summed E-state index contributed by atoms with van der Waals surface area (Å²) in [4.78, 5) is 85.8. The number of ketones is 4. The summed E-state index contributed by atoms with van der Waals surface area (Å²) in [5, 5.41) is 0. The van der Waals surface area contributed by atoms with Gasteiger partial charge in [-0.3, -0.25) is 28.8 Å². The predicted molar refractivity (Wildman–Crippen MR) is 201 cm³/mol. The molecule has 4 rings (SSSR count). The molecule has 1 aliphatic carbocycles. The fourth-order valence-corrected chi connectivity index (χ4v) is 9.28. The lowest BCUT2D eigenvalue weighted by Gasteiger charge is -2.41. The molecule has 3 heterocycles. The lowest BCUT2D eigenvalue weighted by atomic mass is 9.75. The lowest BCUT2D eigenvalue weighted by Crippen LogP contribution is -2.49. The maximum Gasteiger partial charge on any atom is 0.226 e. The summed E-state index contributed by atoms with van der Waals surface area (Å²) < 4.78 is 0. The van der Waals surface area contributed by atoms with Gasteiger partial charge in [-0.25, -0.2) is 0 Å². The maximum absolute atomic E-state index is 14.6. The van der Waals surface area contributed by atoms with Crippen LogP contribution in [0.4, 0.5) is 0 Å². The van der Waals surface area contributed by atoms with Gasteiger partial charge in [-0.2, -0.15) is 0 Å². The van der Waals surface area contributed by atoms with Crippen LogP contribution < -0.4 is 0 Å². The van der Waals surface area contributed by atoms with E-state index in [0.717, 1.165) is 51.4 Å². The molecule has 1 saturated carbocycles. The Morgan fingerprint density at radius 3 is 2.18 bits per heavy atom. The molecule has 0 aromatic heterocycles. The Morgan fingerprint density at radius 1 is 0.941 bits per heavy atom. The summed E-state index contributed by atoms with van der Waals surface area (Å²) >= 11 is 0. The Bertz CT molecular complexity index is 1320. The van der Waals surface area contributed by atoms with Crippen LogP contribution in [0.15, 0.2) is 12.7 Å². The standard InChI is InChI=1S/C43H68N2O6/c1-9-10-20-34(47)39(50)29-18-16-14-12-11-13-15-17-19-30(40(51)45-28-33-37(43(33,7)8)38(45)35(48)24-29)23-32(46)25-31(41(2,3)4)27-44-22-21-42(5,6)26-36(44)49/h9,29-31,33,37-38H,1,10-28H2,2-8H3/t29-,30-,31-,33+,37+,38-/m1/s1. The Balaban J connectivity index is 1.54. The molecule has 0 aromatic rings. The molecule has 8 heteroatoms. The van der Waals surface area contributed by atoms with Gasteiger partial charge in [0.2, 0.25) is 17.6 Å². The van der Waals surface area contributed by atoms with Gasteiger partial charge >= 0.3 is 0 Å². The van der Waals surface area contributed by atoms with E-state index in [4.69, 9.17) is 0 Å². The van der Waals surface area contributed by atoms with Crippen LogP contribution in [0.25, 0.3) is 0 Å². The topological polar surface area (TPSA) is 109 Å². The third kappa shape index (κ3) is 10.5. The van der Waals surface area contributed by atoms with Gasteiger partial charge in [0.25, 0.3) is 0 Å². The number of carbonyl (C=O) groups excluding carboxylic acids is 6. The number of fused-ring (bicyclic) bond motifs is 3. The Hall–Kier alpha value is -2.64. The van der Waals surface area contributed by atoms with E-state index in [1.165, 1.54) is 0 Å². The molecule has 2 amide bonds. The third-order valence-electron chi connectivity index (χ3n) is 13.1. The van der Waals surface area contributed by atoms with E-state index >= 15 is 0 Å². The first kappa shape index (κ1) is 41.1. The van der Waals surface area contributed by atoms with Crippen molar-refractivity contribution in [2.75, 3.05) is 19.6 Å².